The van der Waals surface area contributed by atoms with E-state index < -0.39 is 0 Å². The maximum atomic E-state index is 11.8. The molecule has 0 radical (unpaired) electrons. The molecule has 1 aromatic carbocycles. The molecule has 1 aromatic heterocycles. The van der Waals surface area contributed by atoms with Gasteiger partial charge < -0.3 is 5.32 Å². The molecule has 2 rings (SSSR count). The molecule has 0 unspecified atom stereocenters. The van der Waals surface area contributed by atoms with E-state index >= 15 is 0 Å². The number of nitrogens with zero attached hydrogens (tertiary/aromatic N) is 2. The fourth-order valence-corrected chi connectivity index (χ4v) is 2.78. The summed E-state index contributed by atoms with van der Waals surface area (Å²) in [7, 11) is 1.66. The van der Waals surface area contributed by atoms with E-state index in [4.69, 9.17) is 0 Å². The van der Waals surface area contributed by atoms with Crippen LogP contribution in [0.15, 0.2) is 46.3 Å². The highest BCUT2D eigenvalue weighted by Gasteiger charge is 2.07. The van der Waals surface area contributed by atoms with E-state index in [2.05, 4.69) is 10.3 Å². The second-order valence-corrected chi connectivity index (χ2v) is 5.89. The first-order chi connectivity index (χ1) is 10.6. The Balaban J connectivity index is 1.80. The van der Waals surface area contributed by atoms with Crippen molar-refractivity contribution in [1.82, 2.24) is 14.9 Å². The first-order valence-electron chi connectivity index (χ1n) is 7.04. The zero-order valence-corrected chi connectivity index (χ0v) is 13.5. The van der Waals surface area contributed by atoms with Gasteiger partial charge in [-0.2, -0.15) is 0 Å². The lowest BCUT2D eigenvalue weighted by atomic mass is 10.1. The Labute approximate surface area is 133 Å². The number of rotatable bonds is 6. The number of carbonyl (C=O) groups is 1. The summed E-state index contributed by atoms with van der Waals surface area (Å²) in [5.41, 5.74) is 1.74. The molecule has 6 heteroatoms. The van der Waals surface area contributed by atoms with Crippen molar-refractivity contribution in [2.24, 2.45) is 7.05 Å². The molecule has 1 N–H and O–H groups in total. The maximum absolute atomic E-state index is 11.8. The van der Waals surface area contributed by atoms with Gasteiger partial charge in [0.25, 0.3) is 5.56 Å². The molecular weight excluding hydrogens is 298 g/mol. The molecule has 0 saturated heterocycles. The van der Waals surface area contributed by atoms with Crippen LogP contribution in [0.5, 0.6) is 0 Å². The number of hydrogen-bond donors (Lipinski definition) is 1. The lowest BCUT2D eigenvalue weighted by molar-refractivity contribution is -0.118. The smallest absolute Gasteiger partial charge is 0.254 e. The zero-order chi connectivity index (χ0) is 15.9. The summed E-state index contributed by atoms with van der Waals surface area (Å²) in [5.74, 6) is 0.190. The third kappa shape index (κ3) is 4.73. The summed E-state index contributed by atoms with van der Waals surface area (Å²) in [4.78, 5) is 27.8. The minimum absolute atomic E-state index is 0.0586. The largest absolute Gasteiger partial charge is 0.355 e. The van der Waals surface area contributed by atoms with Crippen molar-refractivity contribution in [3.8, 4) is 0 Å². The van der Waals surface area contributed by atoms with Gasteiger partial charge >= 0.3 is 0 Å². The van der Waals surface area contributed by atoms with Crippen LogP contribution in [0.1, 0.15) is 11.3 Å². The predicted molar refractivity (Wildman–Crippen MR) is 88.1 cm³/mol. The van der Waals surface area contributed by atoms with Crippen LogP contribution >= 0.6 is 11.8 Å². The first kappa shape index (κ1) is 16.3. The number of hydrogen-bond acceptors (Lipinski definition) is 4. The van der Waals surface area contributed by atoms with Crippen molar-refractivity contribution in [3.63, 3.8) is 0 Å². The van der Waals surface area contributed by atoms with Crippen molar-refractivity contribution >= 4 is 17.7 Å². The standard InChI is InChI=1S/C16H19N3O2S/c1-12-10-15(21)19(2)16(18-12)22-11-14(20)17-9-8-13-6-4-3-5-7-13/h3-7,10H,8-9,11H2,1-2H3,(H,17,20). The molecule has 0 spiro atoms. The Kier molecular flexibility index (Phi) is 5.77. The highest BCUT2D eigenvalue weighted by atomic mass is 32.2. The van der Waals surface area contributed by atoms with Gasteiger partial charge in [0.15, 0.2) is 5.16 Å². The number of amides is 1. The molecule has 0 atom stereocenters. The van der Waals surface area contributed by atoms with Crippen LogP contribution in [0.25, 0.3) is 0 Å². The molecule has 2 aromatic rings. The minimum Gasteiger partial charge on any atom is -0.355 e. The van der Waals surface area contributed by atoms with Crippen molar-refractivity contribution in [2.45, 2.75) is 18.5 Å². The van der Waals surface area contributed by atoms with Gasteiger partial charge in [0.1, 0.15) is 0 Å². The maximum Gasteiger partial charge on any atom is 0.254 e. The fraction of sp³-hybridized carbons (Fsp3) is 0.312. The van der Waals surface area contributed by atoms with Gasteiger partial charge in [0, 0.05) is 25.4 Å². The number of thioether (sulfide) groups is 1. The van der Waals surface area contributed by atoms with E-state index in [-0.39, 0.29) is 17.2 Å². The quantitative estimate of drug-likeness (QED) is 0.648. The van der Waals surface area contributed by atoms with Gasteiger partial charge in [0.2, 0.25) is 5.91 Å². The van der Waals surface area contributed by atoms with Crippen molar-refractivity contribution in [3.05, 3.63) is 58.0 Å². The third-order valence-corrected chi connectivity index (χ3v) is 4.16. The first-order valence-corrected chi connectivity index (χ1v) is 8.03. The molecule has 0 aliphatic heterocycles. The number of carbonyl (C=O) groups excluding carboxylic acids is 1. The summed E-state index contributed by atoms with van der Waals surface area (Å²) in [6, 6.07) is 11.5. The summed E-state index contributed by atoms with van der Waals surface area (Å²) >= 11 is 1.27. The number of aryl methyl sites for hydroxylation is 1. The van der Waals surface area contributed by atoms with Gasteiger partial charge in [0.05, 0.1) is 5.75 Å². The second kappa shape index (κ2) is 7.79. The average Bonchev–Trinajstić information content (AvgIpc) is 2.50. The predicted octanol–water partition coefficient (Wildman–Crippen LogP) is 1.54. The van der Waals surface area contributed by atoms with Crippen LogP contribution in [0.2, 0.25) is 0 Å². The van der Waals surface area contributed by atoms with E-state index in [1.807, 2.05) is 30.3 Å². The van der Waals surface area contributed by atoms with Crippen LogP contribution in [0.3, 0.4) is 0 Å². The molecule has 0 fully saturated rings. The zero-order valence-electron chi connectivity index (χ0n) is 12.7. The van der Waals surface area contributed by atoms with E-state index in [9.17, 15) is 9.59 Å². The monoisotopic (exact) mass is 317 g/mol. The molecule has 0 aliphatic rings. The Hall–Kier alpha value is -2.08. The summed E-state index contributed by atoms with van der Waals surface area (Å²) in [6.07, 6.45) is 0.804. The average molecular weight is 317 g/mol. The second-order valence-electron chi connectivity index (χ2n) is 4.95. The topological polar surface area (TPSA) is 64.0 Å². The fourth-order valence-electron chi connectivity index (χ4n) is 1.93. The summed E-state index contributed by atoms with van der Waals surface area (Å²) in [6.45, 7) is 2.37. The Morgan fingerprint density at radius 2 is 2.05 bits per heavy atom. The van der Waals surface area contributed by atoms with Gasteiger partial charge in [-0.15, -0.1) is 0 Å². The van der Waals surface area contributed by atoms with E-state index in [1.165, 1.54) is 28.0 Å². The lowest BCUT2D eigenvalue weighted by Gasteiger charge is -2.08. The van der Waals surface area contributed by atoms with Gasteiger partial charge in [-0.25, -0.2) is 4.98 Å². The normalized spacial score (nSPS) is 10.5. The lowest BCUT2D eigenvalue weighted by Crippen LogP contribution is -2.28. The van der Waals surface area contributed by atoms with Crippen LogP contribution in [-0.2, 0) is 18.3 Å². The van der Waals surface area contributed by atoms with E-state index in [0.29, 0.717) is 17.4 Å². The SMILES string of the molecule is Cc1cc(=O)n(C)c(SCC(=O)NCCc2ccccc2)n1. The minimum atomic E-state index is -0.112. The van der Waals surface area contributed by atoms with Crippen LogP contribution in [0.4, 0.5) is 0 Å². The Bertz CT molecular complexity index is 698. The molecule has 1 amide bonds. The van der Waals surface area contributed by atoms with Crippen molar-refractivity contribution in [2.75, 3.05) is 12.3 Å². The Morgan fingerprint density at radius 1 is 1.32 bits per heavy atom. The molecule has 0 aliphatic carbocycles. The van der Waals surface area contributed by atoms with Crippen molar-refractivity contribution < 1.29 is 4.79 Å². The Morgan fingerprint density at radius 3 is 2.77 bits per heavy atom. The molecule has 0 bridgehead atoms. The van der Waals surface area contributed by atoms with E-state index in [0.717, 1.165) is 6.42 Å². The molecular formula is C16H19N3O2S. The number of aromatic nitrogens is 2. The van der Waals surface area contributed by atoms with Crippen LogP contribution in [0, 0.1) is 6.92 Å². The number of nitrogens with one attached hydrogen (secondary N) is 1. The van der Waals surface area contributed by atoms with Gasteiger partial charge in [-0.05, 0) is 18.9 Å². The summed E-state index contributed by atoms with van der Waals surface area (Å²) < 4.78 is 1.45. The van der Waals surface area contributed by atoms with Crippen LogP contribution < -0.4 is 10.9 Å². The van der Waals surface area contributed by atoms with Gasteiger partial charge in [-0.1, -0.05) is 42.1 Å². The summed E-state index contributed by atoms with van der Waals surface area (Å²) in [5, 5.41) is 3.43. The molecule has 5 nitrogen and oxygen atoms in total. The highest BCUT2D eigenvalue weighted by molar-refractivity contribution is 7.99. The van der Waals surface area contributed by atoms with Gasteiger partial charge in [-0.3, -0.25) is 14.2 Å². The molecule has 116 valence electrons. The third-order valence-electron chi connectivity index (χ3n) is 3.13. The van der Waals surface area contributed by atoms with Crippen LogP contribution in [-0.4, -0.2) is 27.8 Å². The highest BCUT2D eigenvalue weighted by Crippen LogP contribution is 2.12. The number of benzene rings is 1. The van der Waals surface area contributed by atoms with Crippen molar-refractivity contribution in [1.29, 1.82) is 0 Å². The molecule has 1 heterocycles. The molecule has 0 saturated carbocycles. The van der Waals surface area contributed by atoms with E-state index in [1.54, 1.807) is 14.0 Å². The molecule has 22 heavy (non-hydrogen) atoms.